The van der Waals surface area contributed by atoms with E-state index in [0.29, 0.717) is 12.8 Å². The molecule has 7 heteroatoms. The van der Waals surface area contributed by atoms with E-state index in [9.17, 15) is 14.4 Å². The molecule has 0 radical (unpaired) electrons. The lowest BCUT2D eigenvalue weighted by Gasteiger charge is -2.26. The van der Waals surface area contributed by atoms with Crippen molar-refractivity contribution in [3.8, 4) is 0 Å². The second-order valence-corrected chi connectivity index (χ2v) is 4.40. The van der Waals surface area contributed by atoms with Crippen LogP contribution >= 0.6 is 0 Å². The monoisotopic (exact) mass is 258 g/mol. The van der Waals surface area contributed by atoms with Crippen LogP contribution in [0, 0.1) is 0 Å². The van der Waals surface area contributed by atoms with Crippen molar-refractivity contribution in [3.63, 3.8) is 0 Å². The van der Waals surface area contributed by atoms with Gasteiger partial charge < -0.3 is 9.84 Å². The van der Waals surface area contributed by atoms with Crippen LogP contribution in [0.2, 0.25) is 0 Å². The number of ether oxygens (including phenoxy) is 1. The summed E-state index contributed by atoms with van der Waals surface area (Å²) < 4.78 is 4.64. The molecule has 1 heterocycles. The van der Waals surface area contributed by atoms with E-state index in [1.165, 1.54) is 6.92 Å². The van der Waals surface area contributed by atoms with Crippen LogP contribution in [0.1, 0.15) is 26.7 Å². The maximum Gasteiger partial charge on any atom is 0.416 e. The minimum atomic E-state index is -1.16. The van der Waals surface area contributed by atoms with Crippen molar-refractivity contribution in [1.29, 1.82) is 0 Å². The second-order valence-electron chi connectivity index (χ2n) is 4.40. The molecule has 102 valence electrons. The maximum atomic E-state index is 11.7. The molecule has 0 aromatic heterocycles. The van der Waals surface area contributed by atoms with Crippen LogP contribution < -0.4 is 5.32 Å². The first-order chi connectivity index (χ1) is 8.40. The zero-order valence-electron chi connectivity index (χ0n) is 10.6. The van der Waals surface area contributed by atoms with Crippen LogP contribution in [0.5, 0.6) is 0 Å². The first kappa shape index (κ1) is 14.4. The molecular weight excluding hydrogens is 240 g/mol. The SMILES string of the molecule is CCCC(C)(NCC(=O)N1CCOC1=O)C(=O)O. The Labute approximate surface area is 105 Å². The third-order valence-corrected chi connectivity index (χ3v) is 2.91. The molecule has 7 nitrogen and oxygen atoms in total. The van der Waals surface area contributed by atoms with Gasteiger partial charge in [-0.1, -0.05) is 13.3 Å². The summed E-state index contributed by atoms with van der Waals surface area (Å²) in [6, 6.07) is 0. The van der Waals surface area contributed by atoms with Gasteiger partial charge in [0.1, 0.15) is 12.1 Å². The fourth-order valence-electron chi connectivity index (χ4n) is 1.76. The molecule has 1 atom stereocenters. The van der Waals surface area contributed by atoms with Gasteiger partial charge in [-0.3, -0.25) is 14.9 Å². The van der Waals surface area contributed by atoms with E-state index in [1.54, 1.807) is 0 Å². The summed E-state index contributed by atoms with van der Waals surface area (Å²) >= 11 is 0. The number of carbonyl (C=O) groups excluding carboxylic acids is 2. The summed E-state index contributed by atoms with van der Waals surface area (Å²) in [6.45, 7) is 3.60. The third kappa shape index (κ3) is 3.19. The van der Waals surface area contributed by atoms with Gasteiger partial charge in [0.15, 0.2) is 0 Å². The molecule has 1 aliphatic heterocycles. The van der Waals surface area contributed by atoms with E-state index in [2.05, 4.69) is 10.1 Å². The molecule has 2 N–H and O–H groups in total. The second kappa shape index (κ2) is 5.81. The highest BCUT2D eigenvalue weighted by molar-refractivity contribution is 5.94. The molecule has 0 aliphatic carbocycles. The predicted molar refractivity (Wildman–Crippen MR) is 62.0 cm³/mol. The zero-order chi connectivity index (χ0) is 13.8. The van der Waals surface area contributed by atoms with Crippen molar-refractivity contribution < 1.29 is 24.2 Å². The Hall–Kier alpha value is -1.63. The van der Waals surface area contributed by atoms with E-state index in [-0.39, 0.29) is 19.7 Å². The molecule has 0 aromatic rings. The molecule has 0 bridgehead atoms. The van der Waals surface area contributed by atoms with Crippen LogP contribution in [0.3, 0.4) is 0 Å². The Balaban J connectivity index is 2.54. The van der Waals surface area contributed by atoms with Gasteiger partial charge in [0.25, 0.3) is 0 Å². The van der Waals surface area contributed by atoms with E-state index >= 15 is 0 Å². The van der Waals surface area contributed by atoms with Crippen molar-refractivity contribution in [1.82, 2.24) is 10.2 Å². The number of carboxylic acids is 1. The van der Waals surface area contributed by atoms with Crippen molar-refractivity contribution in [2.45, 2.75) is 32.2 Å². The average molecular weight is 258 g/mol. The van der Waals surface area contributed by atoms with Crippen LogP contribution in [0.25, 0.3) is 0 Å². The first-order valence-electron chi connectivity index (χ1n) is 5.86. The van der Waals surface area contributed by atoms with Gasteiger partial charge in [-0.2, -0.15) is 0 Å². The minimum absolute atomic E-state index is 0.190. The summed E-state index contributed by atoms with van der Waals surface area (Å²) in [5, 5.41) is 11.8. The molecule has 18 heavy (non-hydrogen) atoms. The van der Waals surface area contributed by atoms with Gasteiger partial charge in [-0.25, -0.2) is 9.69 Å². The smallest absolute Gasteiger partial charge is 0.416 e. The van der Waals surface area contributed by atoms with Crippen molar-refractivity contribution >= 4 is 18.0 Å². The average Bonchev–Trinajstić information content (AvgIpc) is 2.72. The number of cyclic esters (lactones) is 1. The van der Waals surface area contributed by atoms with E-state index < -0.39 is 23.5 Å². The number of carboxylic acid groups (broad SMARTS) is 1. The first-order valence-corrected chi connectivity index (χ1v) is 5.86. The lowest BCUT2D eigenvalue weighted by atomic mass is 9.96. The molecule has 1 saturated heterocycles. The van der Waals surface area contributed by atoms with Crippen molar-refractivity contribution in [2.24, 2.45) is 0 Å². The molecule has 2 amide bonds. The minimum Gasteiger partial charge on any atom is -0.480 e. The Morgan fingerprint density at radius 1 is 1.56 bits per heavy atom. The molecule has 1 fully saturated rings. The van der Waals surface area contributed by atoms with Crippen molar-refractivity contribution in [2.75, 3.05) is 19.7 Å². The Bertz CT molecular complexity index is 357. The largest absolute Gasteiger partial charge is 0.480 e. The number of aliphatic carboxylic acids is 1. The topological polar surface area (TPSA) is 95.9 Å². The highest BCUT2D eigenvalue weighted by Crippen LogP contribution is 2.12. The van der Waals surface area contributed by atoms with Gasteiger partial charge in [-0.05, 0) is 13.3 Å². The summed E-state index contributed by atoms with van der Waals surface area (Å²) in [4.78, 5) is 34.9. The molecule has 0 saturated carbocycles. The highest BCUT2D eigenvalue weighted by atomic mass is 16.6. The lowest BCUT2D eigenvalue weighted by Crippen LogP contribution is -2.53. The van der Waals surface area contributed by atoms with Gasteiger partial charge >= 0.3 is 12.1 Å². The van der Waals surface area contributed by atoms with Crippen LogP contribution in [0.15, 0.2) is 0 Å². The number of imide groups is 1. The standard InChI is InChI=1S/C11H18N2O5/c1-3-4-11(2,9(15)16)12-7-8(14)13-5-6-18-10(13)17/h12H,3-7H2,1-2H3,(H,15,16). The van der Waals surface area contributed by atoms with E-state index in [4.69, 9.17) is 5.11 Å². The number of hydrogen-bond donors (Lipinski definition) is 2. The molecular formula is C11H18N2O5. The van der Waals surface area contributed by atoms with Crippen molar-refractivity contribution in [3.05, 3.63) is 0 Å². The number of nitrogens with zero attached hydrogens (tertiary/aromatic N) is 1. The fraction of sp³-hybridized carbons (Fsp3) is 0.727. The van der Waals surface area contributed by atoms with Gasteiger partial charge in [0.2, 0.25) is 5.91 Å². The van der Waals surface area contributed by atoms with Gasteiger partial charge in [-0.15, -0.1) is 0 Å². The molecule has 1 unspecified atom stereocenters. The molecule has 1 rings (SSSR count). The Morgan fingerprint density at radius 2 is 2.22 bits per heavy atom. The van der Waals surface area contributed by atoms with Gasteiger partial charge in [0, 0.05) is 0 Å². The third-order valence-electron chi connectivity index (χ3n) is 2.91. The fourth-order valence-corrected chi connectivity index (χ4v) is 1.76. The summed E-state index contributed by atoms with van der Waals surface area (Å²) in [6.07, 6.45) is 0.407. The Kier molecular flexibility index (Phi) is 4.66. The number of nitrogens with one attached hydrogen (secondary N) is 1. The van der Waals surface area contributed by atoms with E-state index in [1.807, 2.05) is 6.92 Å². The van der Waals surface area contributed by atoms with Crippen LogP contribution in [-0.4, -0.2) is 53.2 Å². The number of amides is 2. The number of rotatable bonds is 6. The highest BCUT2D eigenvalue weighted by Gasteiger charge is 2.34. The van der Waals surface area contributed by atoms with E-state index in [0.717, 1.165) is 4.90 Å². The quantitative estimate of drug-likeness (QED) is 0.706. The maximum absolute atomic E-state index is 11.7. The predicted octanol–water partition coefficient (Wildman–Crippen LogP) is 0.198. The Morgan fingerprint density at radius 3 is 2.67 bits per heavy atom. The van der Waals surface area contributed by atoms with Crippen LogP contribution in [0.4, 0.5) is 4.79 Å². The lowest BCUT2D eigenvalue weighted by molar-refractivity contribution is -0.144. The number of carbonyl (C=O) groups is 3. The molecule has 0 aromatic carbocycles. The summed E-state index contributed by atoms with van der Waals surface area (Å²) in [5.41, 5.74) is -1.16. The molecule has 0 spiro atoms. The van der Waals surface area contributed by atoms with Crippen LogP contribution in [-0.2, 0) is 14.3 Å². The number of hydrogen-bond acceptors (Lipinski definition) is 5. The summed E-state index contributed by atoms with van der Waals surface area (Å²) in [5.74, 6) is -1.48. The normalized spacial score (nSPS) is 18.3. The summed E-state index contributed by atoms with van der Waals surface area (Å²) in [7, 11) is 0. The zero-order valence-corrected chi connectivity index (χ0v) is 10.6. The molecule has 1 aliphatic rings. The van der Waals surface area contributed by atoms with Gasteiger partial charge in [0.05, 0.1) is 13.1 Å².